The van der Waals surface area contributed by atoms with Crippen LogP contribution in [-0.2, 0) is 4.74 Å². The monoisotopic (exact) mass is 205 g/mol. The minimum atomic E-state index is 0.304. The first-order valence-corrected chi connectivity index (χ1v) is 4.32. The zero-order chi connectivity index (χ0) is 8.97. The van der Waals surface area contributed by atoms with E-state index in [-0.39, 0.29) is 0 Å². The predicted octanol–water partition coefficient (Wildman–Crippen LogP) is 3.03. The fourth-order valence-electron chi connectivity index (χ4n) is 0.882. The van der Waals surface area contributed by atoms with Crippen LogP contribution in [0, 0.1) is 0 Å². The minimum Gasteiger partial charge on any atom is -0.492 e. The molecule has 0 atom stereocenters. The molecule has 0 unspecified atom stereocenters. The predicted molar refractivity (Wildman–Crippen MR) is 51.6 cm³/mol. The van der Waals surface area contributed by atoms with Crippen LogP contribution < -0.4 is 0 Å². The largest absolute Gasteiger partial charge is 0.492 e. The molecule has 1 aliphatic rings. The van der Waals surface area contributed by atoms with Gasteiger partial charge < -0.3 is 4.74 Å². The van der Waals surface area contributed by atoms with Gasteiger partial charge in [0.1, 0.15) is 0 Å². The van der Waals surface area contributed by atoms with Gasteiger partial charge in [-0.1, -0.05) is 29.3 Å². The molecule has 0 saturated heterocycles. The molecule has 66 valence electrons. The van der Waals surface area contributed by atoms with Crippen molar-refractivity contribution in [1.29, 1.82) is 0 Å². The van der Waals surface area contributed by atoms with Crippen molar-refractivity contribution < 1.29 is 4.74 Å². The van der Waals surface area contributed by atoms with Gasteiger partial charge in [-0.15, -0.1) is 0 Å². The molecule has 4 heteroatoms. The second-order valence-corrected chi connectivity index (χ2v) is 3.10. The van der Waals surface area contributed by atoms with Crippen molar-refractivity contribution in [3.63, 3.8) is 0 Å². The van der Waals surface area contributed by atoms with E-state index in [0.717, 1.165) is 12.8 Å². The van der Waals surface area contributed by atoms with Crippen LogP contribution in [0.5, 0.6) is 0 Å². The molecule has 0 saturated carbocycles. The fraction of sp³-hybridized carbons (Fsp3) is 0.375. The highest BCUT2D eigenvalue weighted by molar-refractivity contribution is 6.70. The van der Waals surface area contributed by atoms with Gasteiger partial charge in [0.15, 0.2) is 10.9 Å². The first-order chi connectivity index (χ1) is 5.75. The zero-order valence-corrected chi connectivity index (χ0v) is 8.19. The molecule has 0 bridgehead atoms. The van der Waals surface area contributed by atoms with E-state index in [1.165, 1.54) is 7.11 Å². The van der Waals surface area contributed by atoms with Crippen molar-refractivity contribution in [3.8, 4) is 0 Å². The summed E-state index contributed by atoms with van der Waals surface area (Å²) in [4.78, 5) is 3.92. The maximum Gasteiger partial charge on any atom is 0.172 e. The van der Waals surface area contributed by atoms with Gasteiger partial charge in [-0.2, -0.15) is 0 Å². The summed E-state index contributed by atoms with van der Waals surface area (Å²) < 4.78 is 5.00. The Labute approximate surface area is 81.5 Å². The van der Waals surface area contributed by atoms with Gasteiger partial charge in [0.25, 0.3) is 0 Å². The van der Waals surface area contributed by atoms with E-state index in [1.807, 2.05) is 6.08 Å². The van der Waals surface area contributed by atoms with E-state index in [4.69, 9.17) is 27.9 Å². The van der Waals surface area contributed by atoms with E-state index in [0.29, 0.717) is 16.0 Å². The number of hydrogen-bond acceptors (Lipinski definition) is 2. The number of rotatable bonds is 1. The van der Waals surface area contributed by atoms with Crippen LogP contribution >= 0.6 is 23.2 Å². The highest BCUT2D eigenvalue weighted by Gasteiger charge is 2.10. The Bertz CT molecular complexity index is 250. The first-order valence-electron chi connectivity index (χ1n) is 3.57. The molecule has 1 rings (SSSR count). The molecule has 12 heavy (non-hydrogen) atoms. The van der Waals surface area contributed by atoms with Gasteiger partial charge in [-0.3, -0.25) is 0 Å². The van der Waals surface area contributed by atoms with Crippen molar-refractivity contribution in [2.75, 3.05) is 7.11 Å². The molecule has 0 amide bonds. The second-order valence-electron chi connectivity index (χ2n) is 2.28. The van der Waals surface area contributed by atoms with Crippen LogP contribution in [0.2, 0.25) is 0 Å². The standard InChI is InChI=1S/C8H9Cl2NO/c1-12-7-6(9)4-2-3-5-11-8(7)10/h3,5H,2,4H2,1H3. The van der Waals surface area contributed by atoms with Crippen molar-refractivity contribution >= 4 is 28.4 Å². The summed E-state index contributed by atoms with van der Waals surface area (Å²) in [6.07, 6.45) is 5.17. The lowest BCUT2D eigenvalue weighted by Crippen LogP contribution is -2.00. The minimum absolute atomic E-state index is 0.304. The number of nitrogens with zero attached hydrogens (tertiary/aromatic N) is 1. The Kier molecular flexibility index (Phi) is 3.63. The summed E-state index contributed by atoms with van der Waals surface area (Å²) in [6, 6.07) is 0. The van der Waals surface area contributed by atoms with Crippen LogP contribution in [0.15, 0.2) is 28.1 Å². The topological polar surface area (TPSA) is 21.6 Å². The number of halogens is 2. The summed E-state index contributed by atoms with van der Waals surface area (Å²) in [7, 11) is 1.53. The smallest absolute Gasteiger partial charge is 0.172 e. The SMILES string of the molecule is COC1=C(Cl)CCC=CN=C1Cl. The highest BCUT2D eigenvalue weighted by atomic mass is 35.5. The maximum atomic E-state index is 5.91. The number of methoxy groups -OCH3 is 1. The van der Waals surface area contributed by atoms with Gasteiger partial charge >= 0.3 is 0 Å². The average Bonchev–Trinajstić information content (AvgIpc) is 2.02. The average molecular weight is 206 g/mol. The second kappa shape index (κ2) is 4.53. The van der Waals surface area contributed by atoms with Crippen molar-refractivity contribution in [2.45, 2.75) is 12.8 Å². The molecule has 0 spiro atoms. The highest BCUT2D eigenvalue weighted by Crippen LogP contribution is 2.21. The summed E-state index contributed by atoms with van der Waals surface area (Å²) in [5.74, 6) is 0.475. The summed E-state index contributed by atoms with van der Waals surface area (Å²) >= 11 is 11.7. The Balaban J connectivity index is 2.98. The molecule has 0 aromatic carbocycles. The summed E-state index contributed by atoms with van der Waals surface area (Å²) in [6.45, 7) is 0. The number of allylic oxidation sites excluding steroid dienone is 3. The third-order valence-corrected chi connectivity index (χ3v) is 2.09. The Hall–Kier alpha value is -0.470. The molecule has 0 aliphatic carbocycles. The molecular formula is C8H9Cl2NO. The van der Waals surface area contributed by atoms with Crippen LogP contribution in [-0.4, -0.2) is 12.3 Å². The van der Waals surface area contributed by atoms with E-state index in [1.54, 1.807) is 6.20 Å². The summed E-state index contributed by atoms with van der Waals surface area (Å²) in [5.41, 5.74) is 0. The first kappa shape index (κ1) is 9.62. The van der Waals surface area contributed by atoms with Crippen LogP contribution in [0.4, 0.5) is 0 Å². The van der Waals surface area contributed by atoms with Gasteiger partial charge in [0.2, 0.25) is 0 Å². The third-order valence-electron chi connectivity index (χ3n) is 1.46. The molecule has 1 aliphatic heterocycles. The summed E-state index contributed by atoms with van der Waals surface area (Å²) in [5, 5.41) is 0.925. The molecule has 0 aromatic rings. The lowest BCUT2D eigenvalue weighted by Gasteiger charge is -2.07. The number of aliphatic imine (C=N–C) groups is 1. The third kappa shape index (κ3) is 2.26. The van der Waals surface area contributed by atoms with Gasteiger partial charge in [-0.25, -0.2) is 4.99 Å². The lowest BCUT2D eigenvalue weighted by atomic mass is 10.2. The number of ether oxygens (including phenoxy) is 1. The molecule has 0 N–H and O–H groups in total. The van der Waals surface area contributed by atoms with Crippen molar-refractivity contribution in [1.82, 2.24) is 0 Å². The molecule has 0 radical (unpaired) electrons. The Morgan fingerprint density at radius 2 is 2.25 bits per heavy atom. The Morgan fingerprint density at radius 1 is 1.50 bits per heavy atom. The molecule has 2 nitrogen and oxygen atoms in total. The molecule has 0 fully saturated rings. The Morgan fingerprint density at radius 3 is 2.92 bits per heavy atom. The molecular weight excluding hydrogens is 197 g/mol. The lowest BCUT2D eigenvalue weighted by molar-refractivity contribution is 0.313. The molecule has 0 aromatic heterocycles. The van der Waals surface area contributed by atoms with Gasteiger partial charge in [0, 0.05) is 6.20 Å². The van der Waals surface area contributed by atoms with Crippen molar-refractivity contribution in [3.05, 3.63) is 23.1 Å². The quantitative estimate of drug-likeness (QED) is 0.646. The van der Waals surface area contributed by atoms with Gasteiger partial charge in [-0.05, 0) is 12.8 Å². The van der Waals surface area contributed by atoms with Crippen LogP contribution in [0.1, 0.15) is 12.8 Å². The van der Waals surface area contributed by atoms with E-state index in [2.05, 4.69) is 4.99 Å². The van der Waals surface area contributed by atoms with Gasteiger partial charge in [0.05, 0.1) is 12.1 Å². The molecule has 1 heterocycles. The van der Waals surface area contributed by atoms with E-state index < -0.39 is 0 Å². The maximum absolute atomic E-state index is 5.91. The normalized spacial score (nSPS) is 18.4. The van der Waals surface area contributed by atoms with Crippen molar-refractivity contribution in [2.24, 2.45) is 4.99 Å². The zero-order valence-electron chi connectivity index (χ0n) is 6.68. The fourth-order valence-corrected chi connectivity index (χ4v) is 1.45. The van der Waals surface area contributed by atoms with Crippen LogP contribution in [0.25, 0.3) is 0 Å². The van der Waals surface area contributed by atoms with E-state index in [9.17, 15) is 0 Å². The van der Waals surface area contributed by atoms with Crippen LogP contribution in [0.3, 0.4) is 0 Å². The number of hydrogen-bond donors (Lipinski definition) is 0. The van der Waals surface area contributed by atoms with E-state index >= 15 is 0 Å².